The Kier molecular flexibility index (Phi) is 0.844. The van der Waals surface area contributed by atoms with Gasteiger partial charge in [0.05, 0.1) is 0 Å². The highest BCUT2D eigenvalue weighted by molar-refractivity contribution is 5.80. The van der Waals surface area contributed by atoms with Crippen LogP contribution >= 0.6 is 0 Å². The molecule has 0 radical (unpaired) electrons. The van der Waals surface area contributed by atoms with Gasteiger partial charge in [0.25, 0.3) is 0 Å². The Morgan fingerprint density at radius 3 is 2.20 bits per heavy atom. The van der Waals surface area contributed by atoms with Gasteiger partial charge in [-0.05, 0) is 31.1 Å². The van der Waals surface area contributed by atoms with Crippen molar-refractivity contribution >= 4 is 5.97 Å². The third kappa shape index (κ3) is 0.611. The maximum absolute atomic E-state index is 10.5. The molecule has 0 aromatic carbocycles. The molecule has 2 saturated carbocycles. The van der Waals surface area contributed by atoms with Crippen molar-refractivity contribution in [3.05, 3.63) is 0 Å². The van der Waals surface area contributed by atoms with Crippen LogP contribution in [0.1, 0.15) is 25.7 Å². The molecule has 2 fully saturated rings. The summed E-state index contributed by atoms with van der Waals surface area (Å²) in [5.41, 5.74) is 5.08. The summed E-state index contributed by atoms with van der Waals surface area (Å²) in [7, 11) is 0. The van der Waals surface area contributed by atoms with E-state index in [2.05, 4.69) is 0 Å². The SMILES string of the molecule is NC1(C(=O)O)CC2(CC2)C1. The number of carboxylic acids is 1. The highest BCUT2D eigenvalue weighted by Crippen LogP contribution is 2.64. The summed E-state index contributed by atoms with van der Waals surface area (Å²) in [4.78, 5) is 10.5. The summed E-state index contributed by atoms with van der Waals surface area (Å²) in [5, 5.41) is 8.63. The van der Waals surface area contributed by atoms with Crippen LogP contribution in [0.3, 0.4) is 0 Å². The standard InChI is InChI=1S/C7H11NO2/c8-7(5(9)10)3-6(4-7)1-2-6/h1-4,8H2,(H,9,10). The minimum absolute atomic E-state index is 0.382. The molecule has 0 aromatic rings. The third-order valence-corrected chi connectivity index (χ3v) is 2.76. The van der Waals surface area contributed by atoms with Crippen LogP contribution < -0.4 is 5.73 Å². The van der Waals surface area contributed by atoms with Gasteiger partial charge in [0.15, 0.2) is 0 Å². The molecule has 0 saturated heterocycles. The van der Waals surface area contributed by atoms with Crippen LogP contribution in [-0.2, 0) is 4.79 Å². The van der Waals surface area contributed by atoms with Gasteiger partial charge in [-0.1, -0.05) is 0 Å². The second-order valence-electron chi connectivity index (χ2n) is 3.81. The first kappa shape index (κ1) is 6.16. The van der Waals surface area contributed by atoms with Gasteiger partial charge in [0.1, 0.15) is 5.54 Å². The first-order valence-electron chi connectivity index (χ1n) is 3.59. The van der Waals surface area contributed by atoms with Crippen LogP contribution in [0.25, 0.3) is 0 Å². The lowest BCUT2D eigenvalue weighted by Crippen LogP contribution is -2.58. The molecule has 2 aliphatic rings. The van der Waals surface area contributed by atoms with Crippen molar-refractivity contribution in [3.63, 3.8) is 0 Å². The molecule has 0 heterocycles. The summed E-state index contributed by atoms with van der Waals surface area (Å²) in [6.45, 7) is 0. The second-order valence-corrected chi connectivity index (χ2v) is 3.81. The molecular formula is C7H11NO2. The fourth-order valence-electron chi connectivity index (χ4n) is 1.97. The molecule has 0 aromatic heterocycles. The molecule has 0 amide bonds. The Morgan fingerprint density at radius 2 is 1.90 bits per heavy atom. The van der Waals surface area contributed by atoms with Crippen LogP contribution in [0.2, 0.25) is 0 Å². The highest BCUT2D eigenvalue weighted by Gasteiger charge is 2.62. The van der Waals surface area contributed by atoms with Crippen molar-refractivity contribution in [1.29, 1.82) is 0 Å². The van der Waals surface area contributed by atoms with E-state index in [9.17, 15) is 4.79 Å². The Morgan fingerprint density at radius 1 is 1.40 bits per heavy atom. The summed E-state index contributed by atoms with van der Waals surface area (Å²) in [6.07, 6.45) is 3.79. The number of hydrogen-bond acceptors (Lipinski definition) is 2. The van der Waals surface area contributed by atoms with Gasteiger partial charge in [-0.3, -0.25) is 4.79 Å². The average Bonchev–Trinajstić information content (AvgIpc) is 2.44. The van der Waals surface area contributed by atoms with E-state index in [0.29, 0.717) is 18.3 Å². The van der Waals surface area contributed by atoms with Gasteiger partial charge in [0, 0.05) is 0 Å². The lowest BCUT2D eigenvalue weighted by molar-refractivity contribution is -0.149. The minimum atomic E-state index is -0.865. The third-order valence-electron chi connectivity index (χ3n) is 2.76. The summed E-state index contributed by atoms with van der Waals surface area (Å²) in [6, 6.07) is 0. The predicted octanol–water partition coefficient (Wildman–Crippen LogP) is 0.342. The summed E-state index contributed by atoms with van der Waals surface area (Å²) in [5.74, 6) is -0.829. The van der Waals surface area contributed by atoms with Crippen molar-refractivity contribution in [2.75, 3.05) is 0 Å². The van der Waals surface area contributed by atoms with E-state index in [1.54, 1.807) is 0 Å². The van der Waals surface area contributed by atoms with Gasteiger partial charge in [-0.15, -0.1) is 0 Å². The van der Waals surface area contributed by atoms with Crippen molar-refractivity contribution < 1.29 is 9.90 Å². The smallest absolute Gasteiger partial charge is 0.323 e. The first-order valence-corrected chi connectivity index (χ1v) is 3.59. The Hall–Kier alpha value is -0.570. The van der Waals surface area contributed by atoms with Crippen molar-refractivity contribution in [2.45, 2.75) is 31.2 Å². The van der Waals surface area contributed by atoms with E-state index in [0.717, 1.165) is 0 Å². The predicted molar refractivity (Wildman–Crippen MR) is 35.5 cm³/mol. The average molecular weight is 141 g/mol. The van der Waals surface area contributed by atoms with E-state index >= 15 is 0 Å². The molecular weight excluding hydrogens is 130 g/mol. The maximum Gasteiger partial charge on any atom is 0.323 e. The number of carbonyl (C=O) groups is 1. The van der Waals surface area contributed by atoms with Crippen molar-refractivity contribution in [1.82, 2.24) is 0 Å². The molecule has 3 nitrogen and oxygen atoms in total. The highest BCUT2D eigenvalue weighted by atomic mass is 16.4. The molecule has 0 unspecified atom stereocenters. The van der Waals surface area contributed by atoms with Gasteiger partial charge >= 0.3 is 5.97 Å². The van der Waals surface area contributed by atoms with Crippen LogP contribution in [0, 0.1) is 5.41 Å². The number of aliphatic carboxylic acids is 1. The van der Waals surface area contributed by atoms with Gasteiger partial charge in [0.2, 0.25) is 0 Å². The van der Waals surface area contributed by atoms with Gasteiger partial charge < -0.3 is 10.8 Å². The normalized spacial score (nSPS) is 31.3. The zero-order valence-corrected chi connectivity index (χ0v) is 5.76. The molecule has 0 bridgehead atoms. The number of nitrogens with two attached hydrogens (primary N) is 1. The molecule has 10 heavy (non-hydrogen) atoms. The van der Waals surface area contributed by atoms with Crippen molar-refractivity contribution in [3.8, 4) is 0 Å². The first-order chi connectivity index (χ1) is 4.56. The summed E-state index contributed by atoms with van der Waals surface area (Å²) >= 11 is 0. The van der Waals surface area contributed by atoms with E-state index in [1.165, 1.54) is 12.8 Å². The number of hydrogen-bond donors (Lipinski definition) is 2. The lowest BCUT2D eigenvalue weighted by Gasteiger charge is -2.42. The monoisotopic (exact) mass is 141 g/mol. The summed E-state index contributed by atoms with van der Waals surface area (Å²) < 4.78 is 0. The van der Waals surface area contributed by atoms with Gasteiger partial charge in [-0.25, -0.2) is 0 Å². The molecule has 2 rings (SSSR count). The maximum atomic E-state index is 10.5. The van der Waals surface area contributed by atoms with E-state index in [-0.39, 0.29) is 0 Å². The molecule has 1 spiro atoms. The van der Waals surface area contributed by atoms with Crippen LogP contribution in [0.15, 0.2) is 0 Å². The number of rotatable bonds is 1. The van der Waals surface area contributed by atoms with E-state index in [4.69, 9.17) is 10.8 Å². The Balaban J connectivity index is 2.04. The van der Waals surface area contributed by atoms with Crippen LogP contribution in [0.4, 0.5) is 0 Å². The zero-order chi connectivity index (χ0) is 7.41. The molecule has 0 aliphatic heterocycles. The van der Waals surface area contributed by atoms with E-state index < -0.39 is 11.5 Å². The second kappa shape index (κ2) is 1.37. The molecule has 56 valence electrons. The Labute approximate surface area is 59.2 Å². The Bertz CT molecular complexity index is 188. The van der Waals surface area contributed by atoms with Crippen molar-refractivity contribution in [2.24, 2.45) is 11.1 Å². The largest absolute Gasteiger partial charge is 0.480 e. The number of carboxylic acid groups (broad SMARTS) is 1. The van der Waals surface area contributed by atoms with E-state index in [1.807, 2.05) is 0 Å². The minimum Gasteiger partial charge on any atom is -0.480 e. The lowest BCUT2D eigenvalue weighted by atomic mass is 9.66. The molecule has 3 N–H and O–H groups in total. The zero-order valence-electron chi connectivity index (χ0n) is 5.76. The van der Waals surface area contributed by atoms with Crippen LogP contribution in [0.5, 0.6) is 0 Å². The molecule has 2 aliphatic carbocycles. The molecule has 0 atom stereocenters. The fraction of sp³-hybridized carbons (Fsp3) is 0.857. The topological polar surface area (TPSA) is 63.3 Å². The van der Waals surface area contributed by atoms with Crippen LogP contribution in [-0.4, -0.2) is 16.6 Å². The molecule has 3 heteroatoms. The van der Waals surface area contributed by atoms with Gasteiger partial charge in [-0.2, -0.15) is 0 Å². The quantitative estimate of drug-likeness (QED) is 0.553. The fourth-order valence-corrected chi connectivity index (χ4v) is 1.97.